The molecule has 0 saturated heterocycles. The Morgan fingerprint density at radius 3 is 2.09 bits per heavy atom. The number of hydrogen-bond donors (Lipinski definition) is 0. The molecule has 1 aromatic carbocycles. The first-order chi connectivity index (χ1) is 10.8. The van der Waals surface area contributed by atoms with Crippen LogP contribution in [-0.2, 0) is 11.0 Å². The van der Waals surface area contributed by atoms with E-state index in [1.807, 2.05) is 44.7 Å². The molecule has 0 radical (unpaired) electrons. The van der Waals surface area contributed by atoms with Crippen LogP contribution >= 0.6 is 0 Å². The number of aryl methyl sites for hydroxylation is 6. The summed E-state index contributed by atoms with van der Waals surface area (Å²) in [4.78, 5) is 5.53. The van der Waals surface area contributed by atoms with Gasteiger partial charge in [0.2, 0.25) is 0 Å². The molecule has 23 heavy (non-hydrogen) atoms. The van der Waals surface area contributed by atoms with E-state index in [9.17, 15) is 4.21 Å². The highest BCUT2D eigenvalue weighted by molar-refractivity contribution is 7.83. The van der Waals surface area contributed by atoms with E-state index in [-0.39, 0.29) is 0 Å². The van der Waals surface area contributed by atoms with Gasteiger partial charge in [-0.15, -0.1) is 0 Å². The predicted octanol–water partition coefficient (Wildman–Crippen LogP) is 4.46. The number of rotatable bonds is 2. The molecule has 1 unspecified atom stereocenters. The fraction of sp³-hybridized carbons (Fsp3) is 0.316. The maximum absolute atomic E-state index is 13.3. The summed E-state index contributed by atoms with van der Waals surface area (Å²) in [5, 5.41) is 0. The smallest absolute Gasteiger partial charge is 0.157 e. The van der Waals surface area contributed by atoms with Crippen molar-refractivity contribution in [2.24, 2.45) is 0 Å². The van der Waals surface area contributed by atoms with Crippen molar-refractivity contribution in [1.29, 1.82) is 0 Å². The van der Waals surface area contributed by atoms with Gasteiger partial charge in [0.05, 0.1) is 15.9 Å². The summed E-state index contributed by atoms with van der Waals surface area (Å²) >= 11 is 0. The summed E-state index contributed by atoms with van der Waals surface area (Å²) in [5.41, 5.74) is 8.27. The minimum atomic E-state index is -1.27. The molecule has 0 spiro atoms. The molecule has 0 aliphatic heterocycles. The monoisotopic (exact) mass is 326 g/mol. The molecule has 1 atom stereocenters. The summed E-state index contributed by atoms with van der Waals surface area (Å²) in [6.45, 7) is 12.2. The first-order valence-electron chi connectivity index (χ1n) is 7.76. The molecule has 0 amide bonds. The third kappa shape index (κ3) is 2.61. The van der Waals surface area contributed by atoms with Crippen molar-refractivity contribution < 1.29 is 4.21 Å². The zero-order valence-electron chi connectivity index (χ0n) is 14.5. The molecule has 2 heterocycles. The van der Waals surface area contributed by atoms with Gasteiger partial charge in [-0.25, -0.2) is 4.21 Å². The minimum Gasteiger partial charge on any atom is -0.258 e. The lowest BCUT2D eigenvalue weighted by Gasteiger charge is -2.14. The molecular formula is C19H22N2OS. The second-order valence-electron chi connectivity index (χ2n) is 6.35. The van der Waals surface area contributed by atoms with E-state index < -0.39 is 11.0 Å². The van der Waals surface area contributed by atoms with Crippen LogP contribution in [0.1, 0.15) is 33.6 Å². The van der Waals surface area contributed by atoms with Gasteiger partial charge in [0.15, 0.2) is 11.0 Å². The van der Waals surface area contributed by atoms with Gasteiger partial charge in [-0.05, 0) is 70.4 Å². The van der Waals surface area contributed by atoms with Gasteiger partial charge in [0, 0.05) is 11.4 Å². The zero-order chi connectivity index (χ0) is 16.9. The van der Waals surface area contributed by atoms with Crippen LogP contribution in [-0.4, -0.2) is 13.2 Å². The molecule has 0 fully saturated rings. The number of nitrogens with zero attached hydrogens (tertiary/aromatic N) is 2. The Morgan fingerprint density at radius 1 is 0.870 bits per heavy atom. The summed E-state index contributed by atoms with van der Waals surface area (Å²) in [5.74, 6) is 0. The van der Waals surface area contributed by atoms with E-state index >= 15 is 0 Å². The maximum Gasteiger partial charge on any atom is 0.157 e. The lowest BCUT2D eigenvalue weighted by Crippen LogP contribution is -2.10. The molecule has 0 N–H and O–H groups in total. The van der Waals surface area contributed by atoms with Crippen molar-refractivity contribution in [3.63, 3.8) is 0 Å². The van der Waals surface area contributed by atoms with Crippen molar-refractivity contribution in [2.75, 3.05) is 0 Å². The third-order valence-electron chi connectivity index (χ3n) is 4.30. The Bertz CT molecular complexity index is 931. The van der Waals surface area contributed by atoms with E-state index in [2.05, 4.69) is 30.1 Å². The van der Waals surface area contributed by atoms with Crippen LogP contribution in [0.3, 0.4) is 0 Å². The van der Waals surface area contributed by atoms with E-state index in [1.54, 1.807) is 0 Å². The molecule has 0 aliphatic carbocycles. The SMILES string of the molecule is Cc1cc(C)c(S(=O)n2c(C)cc3nc(C)c(C)cc32)c(C)c1. The summed E-state index contributed by atoms with van der Waals surface area (Å²) in [7, 11) is -1.27. The maximum atomic E-state index is 13.3. The fourth-order valence-electron chi connectivity index (χ4n) is 3.18. The lowest BCUT2D eigenvalue weighted by atomic mass is 10.1. The van der Waals surface area contributed by atoms with Crippen molar-refractivity contribution in [1.82, 2.24) is 8.96 Å². The first-order valence-corrected chi connectivity index (χ1v) is 8.86. The Morgan fingerprint density at radius 2 is 1.48 bits per heavy atom. The molecule has 0 saturated carbocycles. The quantitative estimate of drug-likeness (QED) is 0.697. The van der Waals surface area contributed by atoms with Crippen molar-refractivity contribution in [3.05, 3.63) is 57.9 Å². The Hall–Kier alpha value is -1.94. The lowest BCUT2D eigenvalue weighted by molar-refractivity contribution is 0.676. The van der Waals surface area contributed by atoms with Gasteiger partial charge in [-0.1, -0.05) is 17.7 Å². The Balaban J connectivity index is 2.27. The van der Waals surface area contributed by atoms with E-state index in [0.717, 1.165) is 44.0 Å². The predicted molar refractivity (Wildman–Crippen MR) is 96.4 cm³/mol. The van der Waals surface area contributed by atoms with Crippen LogP contribution in [0.4, 0.5) is 0 Å². The van der Waals surface area contributed by atoms with Crippen molar-refractivity contribution >= 4 is 22.0 Å². The number of fused-ring (bicyclic) bond motifs is 1. The van der Waals surface area contributed by atoms with E-state index in [4.69, 9.17) is 0 Å². The van der Waals surface area contributed by atoms with Gasteiger partial charge < -0.3 is 0 Å². The van der Waals surface area contributed by atoms with Crippen LogP contribution in [0.15, 0.2) is 29.2 Å². The van der Waals surface area contributed by atoms with E-state index in [1.165, 1.54) is 5.56 Å². The fourth-order valence-corrected chi connectivity index (χ4v) is 4.67. The van der Waals surface area contributed by atoms with Crippen LogP contribution in [0, 0.1) is 41.5 Å². The molecule has 3 nitrogen and oxygen atoms in total. The van der Waals surface area contributed by atoms with Crippen LogP contribution in [0.25, 0.3) is 11.0 Å². The summed E-state index contributed by atoms with van der Waals surface area (Å²) in [6, 6.07) is 8.28. The van der Waals surface area contributed by atoms with Crippen LogP contribution in [0.2, 0.25) is 0 Å². The molecule has 2 aromatic heterocycles. The van der Waals surface area contributed by atoms with E-state index in [0.29, 0.717) is 0 Å². The second-order valence-corrected chi connectivity index (χ2v) is 7.62. The third-order valence-corrected chi connectivity index (χ3v) is 6.11. The molecular weight excluding hydrogens is 304 g/mol. The highest BCUT2D eigenvalue weighted by atomic mass is 32.2. The number of benzene rings is 1. The molecule has 3 rings (SSSR count). The van der Waals surface area contributed by atoms with Gasteiger partial charge in [-0.2, -0.15) is 0 Å². The number of aromatic nitrogens is 2. The topological polar surface area (TPSA) is 34.9 Å². The van der Waals surface area contributed by atoms with Gasteiger partial charge in [-0.3, -0.25) is 8.96 Å². The first kappa shape index (κ1) is 15.9. The molecule has 0 bridgehead atoms. The minimum absolute atomic E-state index is 0.898. The standard InChI is InChI=1S/C19H22N2OS/c1-11-7-13(3)19(14(4)8-11)23(22)21-15(5)10-17-18(21)9-12(2)16(6)20-17/h7-10H,1-6H3. The summed E-state index contributed by atoms with van der Waals surface area (Å²) in [6.07, 6.45) is 0. The molecule has 3 aromatic rings. The summed E-state index contributed by atoms with van der Waals surface area (Å²) < 4.78 is 15.2. The van der Waals surface area contributed by atoms with Gasteiger partial charge in [0.1, 0.15) is 0 Å². The largest absolute Gasteiger partial charge is 0.258 e. The highest BCUT2D eigenvalue weighted by Crippen LogP contribution is 2.27. The molecule has 4 heteroatoms. The number of pyridine rings is 1. The average molecular weight is 326 g/mol. The molecule has 120 valence electrons. The Labute approximate surface area is 140 Å². The normalized spacial score (nSPS) is 12.8. The zero-order valence-corrected chi connectivity index (χ0v) is 15.3. The van der Waals surface area contributed by atoms with Gasteiger partial charge in [0.25, 0.3) is 0 Å². The van der Waals surface area contributed by atoms with Crippen LogP contribution < -0.4 is 0 Å². The average Bonchev–Trinajstić information content (AvgIpc) is 2.73. The van der Waals surface area contributed by atoms with Gasteiger partial charge >= 0.3 is 0 Å². The van der Waals surface area contributed by atoms with Crippen molar-refractivity contribution in [3.8, 4) is 0 Å². The van der Waals surface area contributed by atoms with Crippen molar-refractivity contribution in [2.45, 2.75) is 46.4 Å². The number of hydrogen-bond acceptors (Lipinski definition) is 2. The Kier molecular flexibility index (Phi) is 3.88. The van der Waals surface area contributed by atoms with Crippen LogP contribution in [0.5, 0.6) is 0 Å². The molecule has 0 aliphatic rings. The second kappa shape index (κ2) is 5.60. The highest BCUT2D eigenvalue weighted by Gasteiger charge is 2.18.